The lowest BCUT2D eigenvalue weighted by atomic mass is 10.1. The Morgan fingerprint density at radius 1 is 1.26 bits per heavy atom. The van der Waals surface area contributed by atoms with Crippen LogP contribution in [-0.4, -0.2) is 56.1 Å². The van der Waals surface area contributed by atoms with E-state index in [0.717, 1.165) is 0 Å². The molecule has 0 saturated heterocycles. The van der Waals surface area contributed by atoms with Crippen LogP contribution in [0.5, 0.6) is 0 Å². The second kappa shape index (κ2) is 9.32. The Balaban J connectivity index is 4.21. The fourth-order valence-electron chi connectivity index (χ4n) is 1.54. The van der Waals surface area contributed by atoms with Gasteiger partial charge in [-0.2, -0.15) is 0 Å². The number of imide groups is 1. The standard InChI is InChI=1S/C12H23N3O4/c1-5-13-12(18)14-10(16)8-15(6-2)7-9(3)11(17)19-4/h9H,5-8H2,1-4H3,(H2,13,14,16,18). The predicted molar refractivity (Wildman–Crippen MR) is 70.5 cm³/mol. The molecule has 0 aromatic rings. The highest BCUT2D eigenvalue weighted by molar-refractivity contribution is 5.95. The molecule has 7 nitrogen and oxygen atoms in total. The van der Waals surface area contributed by atoms with Crippen molar-refractivity contribution in [2.75, 3.05) is 33.3 Å². The van der Waals surface area contributed by atoms with Crippen molar-refractivity contribution in [3.05, 3.63) is 0 Å². The number of likely N-dealkylation sites (N-methyl/N-ethyl adjacent to an activating group) is 1. The molecule has 0 aliphatic rings. The molecule has 0 rings (SSSR count). The van der Waals surface area contributed by atoms with Gasteiger partial charge in [-0.15, -0.1) is 0 Å². The van der Waals surface area contributed by atoms with E-state index in [4.69, 9.17) is 0 Å². The number of hydrogen-bond acceptors (Lipinski definition) is 5. The summed E-state index contributed by atoms with van der Waals surface area (Å²) >= 11 is 0. The number of nitrogens with zero attached hydrogens (tertiary/aromatic N) is 1. The minimum Gasteiger partial charge on any atom is -0.469 e. The summed E-state index contributed by atoms with van der Waals surface area (Å²) in [5.41, 5.74) is 0. The van der Waals surface area contributed by atoms with Gasteiger partial charge in [0.2, 0.25) is 5.91 Å². The monoisotopic (exact) mass is 273 g/mol. The van der Waals surface area contributed by atoms with Gasteiger partial charge >= 0.3 is 12.0 Å². The van der Waals surface area contributed by atoms with Gasteiger partial charge in [0.25, 0.3) is 0 Å². The van der Waals surface area contributed by atoms with Gasteiger partial charge in [-0.25, -0.2) is 4.79 Å². The lowest BCUT2D eigenvalue weighted by Crippen LogP contribution is -2.45. The van der Waals surface area contributed by atoms with Crippen molar-refractivity contribution >= 4 is 17.9 Å². The molecule has 3 amide bonds. The summed E-state index contributed by atoms with van der Waals surface area (Å²) < 4.78 is 4.63. The quantitative estimate of drug-likeness (QED) is 0.636. The number of esters is 1. The molecule has 0 aliphatic heterocycles. The smallest absolute Gasteiger partial charge is 0.321 e. The molecule has 0 spiro atoms. The number of carbonyl (C=O) groups excluding carboxylic acids is 3. The molecule has 19 heavy (non-hydrogen) atoms. The van der Waals surface area contributed by atoms with Crippen LogP contribution in [0.3, 0.4) is 0 Å². The summed E-state index contributed by atoms with van der Waals surface area (Å²) in [6, 6.07) is -0.510. The van der Waals surface area contributed by atoms with Crippen molar-refractivity contribution in [3.63, 3.8) is 0 Å². The molecule has 2 N–H and O–H groups in total. The van der Waals surface area contributed by atoms with E-state index in [0.29, 0.717) is 19.6 Å². The highest BCUT2D eigenvalue weighted by atomic mass is 16.5. The van der Waals surface area contributed by atoms with Gasteiger partial charge in [0.15, 0.2) is 0 Å². The van der Waals surface area contributed by atoms with Crippen LogP contribution in [0.2, 0.25) is 0 Å². The first-order valence-electron chi connectivity index (χ1n) is 6.32. The van der Waals surface area contributed by atoms with E-state index >= 15 is 0 Å². The molecule has 0 radical (unpaired) electrons. The van der Waals surface area contributed by atoms with Crippen LogP contribution < -0.4 is 10.6 Å². The summed E-state index contributed by atoms with van der Waals surface area (Å²) in [5, 5.41) is 4.69. The van der Waals surface area contributed by atoms with Crippen molar-refractivity contribution in [2.24, 2.45) is 5.92 Å². The van der Waals surface area contributed by atoms with Gasteiger partial charge in [-0.3, -0.25) is 19.8 Å². The average molecular weight is 273 g/mol. The van der Waals surface area contributed by atoms with Crippen LogP contribution in [0, 0.1) is 5.92 Å². The number of urea groups is 1. The zero-order chi connectivity index (χ0) is 14.8. The zero-order valence-corrected chi connectivity index (χ0v) is 12.0. The Morgan fingerprint density at radius 2 is 1.89 bits per heavy atom. The third-order valence-corrected chi connectivity index (χ3v) is 2.54. The highest BCUT2D eigenvalue weighted by Gasteiger charge is 2.19. The Morgan fingerprint density at radius 3 is 2.37 bits per heavy atom. The van der Waals surface area contributed by atoms with E-state index in [1.165, 1.54) is 7.11 Å². The lowest BCUT2D eigenvalue weighted by molar-refractivity contribution is -0.145. The van der Waals surface area contributed by atoms with E-state index in [-0.39, 0.29) is 18.4 Å². The molecule has 0 aromatic carbocycles. The first kappa shape index (κ1) is 17.4. The predicted octanol–water partition coefficient (Wildman–Crippen LogP) is -0.0369. The number of rotatable bonds is 7. The van der Waals surface area contributed by atoms with Crippen molar-refractivity contribution in [1.29, 1.82) is 0 Å². The number of hydrogen-bond donors (Lipinski definition) is 2. The van der Waals surface area contributed by atoms with Crippen LogP contribution in [0.1, 0.15) is 20.8 Å². The van der Waals surface area contributed by atoms with Crippen LogP contribution >= 0.6 is 0 Å². The van der Waals surface area contributed by atoms with Crippen molar-refractivity contribution in [1.82, 2.24) is 15.5 Å². The Bertz CT molecular complexity index is 320. The molecule has 110 valence electrons. The maximum Gasteiger partial charge on any atom is 0.321 e. The van der Waals surface area contributed by atoms with Gasteiger partial charge < -0.3 is 10.1 Å². The first-order chi connectivity index (χ1) is 8.94. The Hall–Kier alpha value is -1.63. The number of carbonyl (C=O) groups is 3. The molecule has 0 aromatic heterocycles. The third-order valence-electron chi connectivity index (χ3n) is 2.54. The van der Waals surface area contributed by atoms with Gasteiger partial charge in [-0.1, -0.05) is 13.8 Å². The Labute approximate surface area is 113 Å². The number of methoxy groups -OCH3 is 1. The van der Waals surface area contributed by atoms with Crippen LogP contribution in [0.25, 0.3) is 0 Å². The molecular weight excluding hydrogens is 250 g/mol. The third kappa shape index (κ3) is 7.40. The summed E-state index contributed by atoms with van der Waals surface area (Å²) in [7, 11) is 1.33. The second-order valence-electron chi connectivity index (χ2n) is 4.16. The molecule has 0 heterocycles. The van der Waals surface area contributed by atoms with E-state index in [1.54, 1.807) is 18.7 Å². The summed E-state index contributed by atoms with van der Waals surface area (Å²) in [6.07, 6.45) is 0. The fourth-order valence-corrected chi connectivity index (χ4v) is 1.54. The van der Waals surface area contributed by atoms with Crippen LogP contribution in [-0.2, 0) is 14.3 Å². The Kier molecular flexibility index (Phi) is 8.52. The highest BCUT2D eigenvalue weighted by Crippen LogP contribution is 2.01. The molecule has 0 fully saturated rings. The molecule has 0 saturated carbocycles. The SMILES string of the molecule is CCNC(=O)NC(=O)CN(CC)CC(C)C(=O)OC. The topological polar surface area (TPSA) is 87.7 Å². The molecular formula is C12H23N3O4. The van der Waals surface area contributed by atoms with E-state index in [1.807, 2.05) is 6.92 Å². The summed E-state index contributed by atoms with van der Waals surface area (Å²) in [4.78, 5) is 35.8. The minimum atomic E-state index is -0.510. The number of ether oxygens (including phenoxy) is 1. The largest absolute Gasteiger partial charge is 0.469 e. The molecule has 0 bridgehead atoms. The molecule has 1 unspecified atom stereocenters. The lowest BCUT2D eigenvalue weighted by Gasteiger charge is -2.22. The van der Waals surface area contributed by atoms with Crippen molar-refractivity contribution in [2.45, 2.75) is 20.8 Å². The number of nitrogens with one attached hydrogen (secondary N) is 2. The van der Waals surface area contributed by atoms with Crippen molar-refractivity contribution < 1.29 is 19.1 Å². The van der Waals surface area contributed by atoms with Gasteiger partial charge in [0, 0.05) is 13.1 Å². The van der Waals surface area contributed by atoms with Gasteiger partial charge in [-0.05, 0) is 13.5 Å². The second-order valence-corrected chi connectivity index (χ2v) is 4.16. The van der Waals surface area contributed by atoms with Crippen LogP contribution in [0.4, 0.5) is 4.79 Å². The molecule has 7 heteroatoms. The molecule has 1 atom stereocenters. The van der Waals surface area contributed by atoms with Crippen molar-refractivity contribution in [3.8, 4) is 0 Å². The van der Waals surface area contributed by atoms with Gasteiger partial charge in [0.05, 0.1) is 19.6 Å². The summed E-state index contributed by atoms with van der Waals surface area (Å²) in [5.74, 6) is -1.03. The van der Waals surface area contributed by atoms with Gasteiger partial charge in [0.1, 0.15) is 0 Å². The maximum atomic E-state index is 11.6. The maximum absolute atomic E-state index is 11.6. The fraction of sp³-hybridized carbons (Fsp3) is 0.750. The van der Waals surface area contributed by atoms with E-state index in [2.05, 4.69) is 15.4 Å². The van der Waals surface area contributed by atoms with E-state index < -0.39 is 11.9 Å². The summed E-state index contributed by atoms with van der Waals surface area (Å²) in [6.45, 7) is 6.90. The zero-order valence-electron chi connectivity index (χ0n) is 12.0. The number of amides is 3. The normalized spacial score (nSPS) is 11.8. The minimum absolute atomic E-state index is 0.0645. The average Bonchev–Trinajstić information content (AvgIpc) is 2.36. The molecule has 0 aliphatic carbocycles. The van der Waals surface area contributed by atoms with E-state index in [9.17, 15) is 14.4 Å². The van der Waals surface area contributed by atoms with Crippen LogP contribution in [0.15, 0.2) is 0 Å². The first-order valence-corrected chi connectivity index (χ1v) is 6.32.